The van der Waals surface area contributed by atoms with Crippen molar-refractivity contribution < 1.29 is 4.74 Å². The second-order valence-corrected chi connectivity index (χ2v) is 6.25. The van der Waals surface area contributed by atoms with Crippen LogP contribution < -0.4 is 10.6 Å². The molecule has 0 spiro atoms. The Kier molecular flexibility index (Phi) is 5.76. The number of nitrogens with one attached hydrogen (secondary N) is 2. The fourth-order valence-corrected chi connectivity index (χ4v) is 3.52. The zero-order chi connectivity index (χ0) is 13.7. The highest BCUT2D eigenvalue weighted by Gasteiger charge is 2.21. The number of hydrogen-bond acceptors (Lipinski definition) is 3. The van der Waals surface area contributed by atoms with Crippen LogP contribution in [-0.2, 0) is 4.74 Å². The van der Waals surface area contributed by atoms with E-state index in [2.05, 4.69) is 16.7 Å². The van der Waals surface area contributed by atoms with Crippen LogP contribution in [0.1, 0.15) is 18.0 Å². The van der Waals surface area contributed by atoms with Gasteiger partial charge in [0.15, 0.2) is 5.11 Å². The summed E-state index contributed by atoms with van der Waals surface area (Å²) in [4.78, 5) is 1.29. The molecule has 0 fully saturated rings. The Bertz CT molecular complexity index is 456. The van der Waals surface area contributed by atoms with Crippen LogP contribution in [0.4, 0.5) is 0 Å². The van der Waals surface area contributed by atoms with Crippen molar-refractivity contribution in [3.05, 3.63) is 28.8 Å². The van der Waals surface area contributed by atoms with E-state index < -0.39 is 0 Å². The number of methoxy groups -OCH3 is 1. The lowest BCUT2D eigenvalue weighted by Gasteiger charge is -2.27. The van der Waals surface area contributed by atoms with E-state index in [1.54, 1.807) is 7.11 Å². The molecule has 0 aromatic heterocycles. The van der Waals surface area contributed by atoms with E-state index in [1.165, 1.54) is 10.5 Å². The normalized spacial score (nSPS) is 17.7. The van der Waals surface area contributed by atoms with Gasteiger partial charge in [0.25, 0.3) is 0 Å². The minimum Gasteiger partial charge on any atom is -0.383 e. The fraction of sp³-hybridized carbons (Fsp3) is 0.462. The van der Waals surface area contributed by atoms with E-state index in [0.717, 1.165) is 17.2 Å². The number of thioether (sulfide) groups is 1. The van der Waals surface area contributed by atoms with Crippen LogP contribution in [0, 0.1) is 0 Å². The quantitative estimate of drug-likeness (QED) is 0.659. The van der Waals surface area contributed by atoms with Gasteiger partial charge in [-0.05, 0) is 42.4 Å². The average molecular weight is 317 g/mol. The van der Waals surface area contributed by atoms with Crippen molar-refractivity contribution in [3.8, 4) is 0 Å². The first-order valence-corrected chi connectivity index (χ1v) is 7.93. The zero-order valence-corrected chi connectivity index (χ0v) is 13.1. The van der Waals surface area contributed by atoms with Gasteiger partial charge in [-0.15, -0.1) is 11.8 Å². The Balaban J connectivity index is 1.99. The predicted molar refractivity (Wildman–Crippen MR) is 85.1 cm³/mol. The van der Waals surface area contributed by atoms with Crippen LogP contribution in [-0.4, -0.2) is 31.1 Å². The molecule has 0 unspecified atom stereocenters. The summed E-state index contributed by atoms with van der Waals surface area (Å²) in [6, 6.07) is 6.28. The summed E-state index contributed by atoms with van der Waals surface area (Å²) >= 11 is 13.2. The van der Waals surface area contributed by atoms with E-state index in [-0.39, 0.29) is 6.04 Å². The fourth-order valence-electron chi connectivity index (χ4n) is 1.99. The van der Waals surface area contributed by atoms with E-state index in [9.17, 15) is 0 Å². The van der Waals surface area contributed by atoms with Crippen molar-refractivity contribution in [3.63, 3.8) is 0 Å². The third-order valence-corrected chi connectivity index (χ3v) is 4.53. The number of fused-ring (bicyclic) bond motifs is 1. The number of thiocarbonyl (C=S) groups is 1. The number of rotatable bonds is 4. The molecule has 1 aromatic carbocycles. The number of ether oxygens (including phenoxy) is 1. The van der Waals surface area contributed by atoms with E-state index in [1.807, 2.05) is 23.9 Å². The minimum atomic E-state index is 0.234. The van der Waals surface area contributed by atoms with Crippen molar-refractivity contribution in [1.82, 2.24) is 10.6 Å². The molecular weight excluding hydrogens is 300 g/mol. The van der Waals surface area contributed by atoms with E-state index in [4.69, 9.17) is 28.6 Å². The molecule has 6 heteroatoms. The van der Waals surface area contributed by atoms with Gasteiger partial charge in [-0.1, -0.05) is 11.6 Å². The Labute approximate surface area is 128 Å². The molecule has 1 aliphatic heterocycles. The third-order valence-electron chi connectivity index (χ3n) is 2.91. The number of hydrogen-bond donors (Lipinski definition) is 2. The maximum Gasteiger partial charge on any atom is 0.166 e. The molecule has 0 bridgehead atoms. The molecule has 0 saturated carbocycles. The third kappa shape index (κ3) is 4.24. The summed E-state index contributed by atoms with van der Waals surface area (Å²) in [5.41, 5.74) is 1.24. The zero-order valence-electron chi connectivity index (χ0n) is 10.7. The van der Waals surface area contributed by atoms with Crippen LogP contribution in [0.25, 0.3) is 0 Å². The molecule has 0 aliphatic carbocycles. The number of benzene rings is 1. The lowest BCUT2D eigenvalue weighted by atomic mass is 10.0. The highest BCUT2D eigenvalue weighted by Crippen LogP contribution is 2.37. The molecule has 19 heavy (non-hydrogen) atoms. The van der Waals surface area contributed by atoms with Crippen LogP contribution in [0.15, 0.2) is 23.1 Å². The van der Waals surface area contributed by atoms with Crippen LogP contribution >= 0.6 is 35.6 Å². The summed E-state index contributed by atoms with van der Waals surface area (Å²) in [6.45, 7) is 1.36. The smallest absolute Gasteiger partial charge is 0.166 e. The van der Waals surface area contributed by atoms with Gasteiger partial charge in [0.1, 0.15) is 0 Å². The first-order valence-electron chi connectivity index (χ1n) is 6.16. The molecule has 2 N–H and O–H groups in total. The molecule has 3 nitrogen and oxygen atoms in total. The van der Waals surface area contributed by atoms with Crippen molar-refractivity contribution >= 4 is 40.7 Å². The molecule has 2 rings (SSSR count). The molecule has 1 aromatic rings. The Morgan fingerprint density at radius 1 is 1.58 bits per heavy atom. The molecule has 1 aliphatic rings. The van der Waals surface area contributed by atoms with Gasteiger partial charge in [0.2, 0.25) is 0 Å². The van der Waals surface area contributed by atoms with E-state index >= 15 is 0 Å². The molecular formula is C13H17ClN2OS2. The maximum atomic E-state index is 6.08. The molecule has 0 amide bonds. The highest BCUT2D eigenvalue weighted by atomic mass is 35.5. The predicted octanol–water partition coefficient (Wildman–Crippen LogP) is 2.99. The molecule has 104 valence electrons. The van der Waals surface area contributed by atoms with Crippen LogP contribution in [0.3, 0.4) is 0 Å². The average Bonchev–Trinajstić information content (AvgIpc) is 2.40. The molecule has 0 saturated heterocycles. The topological polar surface area (TPSA) is 33.3 Å². The van der Waals surface area contributed by atoms with E-state index in [0.29, 0.717) is 18.3 Å². The lowest BCUT2D eigenvalue weighted by molar-refractivity contribution is 0.204. The Hall–Kier alpha value is -0.490. The van der Waals surface area contributed by atoms with Gasteiger partial charge in [-0.25, -0.2) is 0 Å². The lowest BCUT2D eigenvalue weighted by Crippen LogP contribution is -2.40. The van der Waals surface area contributed by atoms with Crippen molar-refractivity contribution in [2.24, 2.45) is 0 Å². The molecule has 0 radical (unpaired) electrons. The minimum absolute atomic E-state index is 0.234. The SMILES string of the molecule is COCCNC(=S)N[C@H]1CCSc2ccc(Cl)cc21. The highest BCUT2D eigenvalue weighted by molar-refractivity contribution is 7.99. The first kappa shape index (κ1) is 14.9. The monoisotopic (exact) mass is 316 g/mol. The molecule has 1 heterocycles. The summed E-state index contributed by atoms with van der Waals surface area (Å²) < 4.78 is 4.98. The first-order chi connectivity index (χ1) is 9.20. The summed E-state index contributed by atoms with van der Waals surface area (Å²) in [5.74, 6) is 1.09. The van der Waals surface area contributed by atoms with Gasteiger partial charge < -0.3 is 15.4 Å². The van der Waals surface area contributed by atoms with Gasteiger partial charge in [-0.2, -0.15) is 0 Å². The van der Waals surface area contributed by atoms with Crippen molar-refractivity contribution in [2.75, 3.05) is 26.0 Å². The Morgan fingerprint density at radius 2 is 2.42 bits per heavy atom. The van der Waals surface area contributed by atoms with Crippen LogP contribution in [0.5, 0.6) is 0 Å². The standard InChI is InChI=1S/C13H17ClN2OS2/c1-17-6-5-15-13(18)16-11-4-7-19-12-3-2-9(14)8-10(11)12/h2-3,8,11H,4-7H2,1H3,(H2,15,16,18)/t11-/m0/s1. The molecule has 1 atom stereocenters. The second-order valence-electron chi connectivity index (χ2n) is 4.26. The van der Waals surface area contributed by atoms with Crippen molar-refractivity contribution in [1.29, 1.82) is 0 Å². The Morgan fingerprint density at radius 3 is 3.21 bits per heavy atom. The second kappa shape index (κ2) is 7.33. The van der Waals surface area contributed by atoms with Gasteiger partial charge in [-0.3, -0.25) is 0 Å². The number of halogens is 1. The largest absolute Gasteiger partial charge is 0.383 e. The van der Waals surface area contributed by atoms with Gasteiger partial charge >= 0.3 is 0 Å². The summed E-state index contributed by atoms with van der Waals surface area (Å²) in [5, 5.41) is 7.92. The van der Waals surface area contributed by atoms with Crippen molar-refractivity contribution in [2.45, 2.75) is 17.4 Å². The summed E-state index contributed by atoms with van der Waals surface area (Å²) in [7, 11) is 1.68. The maximum absolute atomic E-state index is 6.08. The van der Waals surface area contributed by atoms with Crippen LogP contribution in [0.2, 0.25) is 5.02 Å². The van der Waals surface area contributed by atoms with Gasteiger partial charge in [0.05, 0.1) is 12.6 Å². The summed E-state index contributed by atoms with van der Waals surface area (Å²) in [6.07, 6.45) is 1.05. The van der Waals surface area contributed by atoms with Gasteiger partial charge in [0, 0.05) is 29.3 Å².